The molecule has 5 heteroatoms. The lowest BCUT2D eigenvalue weighted by atomic mass is 10.0. The highest BCUT2D eigenvalue weighted by molar-refractivity contribution is 7.13. The summed E-state index contributed by atoms with van der Waals surface area (Å²) < 4.78 is 0. The zero-order valence-electron chi connectivity index (χ0n) is 9.36. The van der Waals surface area contributed by atoms with Gasteiger partial charge >= 0.3 is 0 Å². The van der Waals surface area contributed by atoms with Crippen LogP contribution in [0.25, 0.3) is 10.8 Å². The lowest BCUT2D eigenvalue weighted by Crippen LogP contribution is -2.01. The molecule has 16 heavy (non-hydrogen) atoms. The Hall–Kier alpha value is -1.00. The monoisotopic (exact) mass is 253 g/mol. The van der Waals surface area contributed by atoms with Crippen LogP contribution in [0.4, 0.5) is 0 Å². The van der Waals surface area contributed by atoms with Crippen molar-refractivity contribution in [2.45, 2.75) is 26.7 Å². The smallest absolute Gasteiger partial charge is 0.190 e. The number of aromatic nitrogens is 3. The fraction of sp³-hybridized carbons (Fsp3) is 0.364. The molecular formula is C11H12ClN3S. The van der Waals surface area contributed by atoms with Gasteiger partial charge in [0.1, 0.15) is 5.15 Å². The Morgan fingerprint density at radius 3 is 2.56 bits per heavy atom. The van der Waals surface area contributed by atoms with Crippen LogP contribution in [0.1, 0.15) is 31.0 Å². The molecule has 2 heterocycles. The Kier molecular flexibility index (Phi) is 3.21. The first-order chi connectivity index (χ1) is 7.59. The van der Waals surface area contributed by atoms with E-state index in [0.717, 1.165) is 16.3 Å². The molecule has 0 aliphatic heterocycles. The molecule has 0 amide bonds. The minimum atomic E-state index is 0.331. The van der Waals surface area contributed by atoms with Gasteiger partial charge in [-0.15, -0.1) is 11.3 Å². The molecule has 0 aliphatic carbocycles. The average molecular weight is 254 g/mol. The van der Waals surface area contributed by atoms with Crippen molar-refractivity contribution < 1.29 is 0 Å². The normalized spacial score (nSPS) is 11.1. The van der Waals surface area contributed by atoms with Gasteiger partial charge in [-0.25, -0.2) is 15.0 Å². The third-order valence-corrected chi connectivity index (χ3v) is 3.35. The van der Waals surface area contributed by atoms with E-state index in [2.05, 4.69) is 28.8 Å². The minimum Gasteiger partial charge on any atom is -0.241 e. The molecule has 2 rings (SSSR count). The van der Waals surface area contributed by atoms with Gasteiger partial charge in [0, 0.05) is 22.8 Å². The zero-order valence-corrected chi connectivity index (χ0v) is 10.9. The Balaban J connectivity index is 2.53. The molecule has 0 N–H and O–H groups in total. The summed E-state index contributed by atoms with van der Waals surface area (Å²) in [5.74, 6) is 0.944. The molecule has 0 aliphatic rings. The quantitative estimate of drug-likeness (QED) is 0.767. The van der Waals surface area contributed by atoms with Gasteiger partial charge in [-0.2, -0.15) is 0 Å². The maximum atomic E-state index is 6.17. The van der Waals surface area contributed by atoms with E-state index in [0.29, 0.717) is 16.9 Å². The molecule has 0 saturated carbocycles. The lowest BCUT2D eigenvalue weighted by Gasteiger charge is -2.11. The second-order valence-corrected chi connectivity index (χ2v) is 5.08. The first kappa shape index (κ1) is 11.5. The van der Waals surface area contributed by atoms with Crippen LogP contribution in [0.15, 0.2) is 11.6 Å². The average Bonchev–Trinajstić information content (AvgIpc) is 2.67. The third kappa shape index (κ3) is 2.08. The van der Waals surface area contributed by atoms with Crippen LogP contribution in [-0.4, -0.2) is 15.0 Å². The van der Waals surface area contributed by atoms with Gasteiger partial charge in [0.05, 0.1) is 0 Å². The number of rotatable bonds is 2. The predicted molar refractivity (Wildman–Crippen MR) is 67.0 cm³/mol. The molecular weight excluding hydrogens is 242 g/mol. The van der Waals surface area contributed by atoms with Crippen molar-refractivity contribution in [3.05, 3.63) is 28.0 Å². The highest BCUT2D eigenvalue weighted by atomic mass is 35.5. The Labute approximate surface area is 104 Å². The zero-order chi connectivity index (χ0) is 11.7. The van der Waals surface area contributed by atoms with Crippen molar-refractivity contribution in [1.29, 1.82) is 0 Å². The van der Waals surface area contributed by atoms with E-state index < -0.39 is 0 Å². The van der Waals surface area contributed by atoms with E-state index >= 15 is 0 Å². The lowest BCUT2D eigenvalue weighted by molar-refractivity contribution is 0.831. The number of halogens is 1. The summed E-state index contributed by atoms with van der Waals surface area (Å²) in [5, 5.41) is 3.24. The minimum absolute atomic E-state index is 0.331. The van der Waals surface area contributed by atoms with Crippen LogP contribution >= 0.6 is 22.9 Å². The summed E-state index contributed by atoms with van der Waals surface area (Å²) in [6.45, 7) is 6.13. The van der Waals surface area contributed by atoms with Gasteiger partial charge in [0.25, 0.3) is 0 Å². The Morgan fingerprint density at radius 2 is 2.06 bits per heavy atom. The second kappa shape index (κ2) is 4.47. The third-order valence-electron chi connectivity index (χ3n) is 2.29. The Morgan fingerprint density at radius 1 is 1.31 bits per heavy atom. The fourth-order valence-electron chi connectivity index (χ4n) is 1.63. The van der Waals surface area contributed by atoms with E-state index in [9.17, 15) is 0 Å². The Bertz CT molecular complexity index is 471. The predicted octanol–water partition coefficient (Wildman–Crippen LogP) is 3.69. The molecule has 0 bridgehead atoms. The van der Waals surface area contributed by atoms with E-state index in [1.165, 1.54) is 11.3 Å². The van der Waals surface area contributed by atoms with Crippen molar-refractivity contribution in [1.82, 2.24) is 15.0 Å². The van der Waals surface area contributed by atoms with Gasteiger partial charge in [0.2, 0.25) is 0 Å². The molecule has 0 radical (unpaired) electrons. The topological polar surface area (TPSA) is 38.7 Å². The maximum Gasteiger partial charge on any atom is 0.190 e. The van der Waals surface area contributed by atoms with Crippen LogP contribution in [-0.2, 0) is 0 Å². The summed E-state index contributed by atoms with van der Waals surface area (Å²) >= 11 is 7.69. The highest BCUT2D eigenvalue weighted by Crippen LogP contribution is 2.28. The first-order valence-corrected chi connectivity index (χ1v) is 6.29. The summed E-state index contributed by atoms with van der Waals surface area (Å²) in [7, 11) is 0. The van der Waals surface area contributed by atoms with Crippen LogP contribution in [0.3, 0.4) is 0 Å². The molecule has 0 spiro atoms. The summed E-state index contributed by atoms with van der Waals surface area (Å²) in [6, 6.07) is 0. The number of aryl methyl sites for hydroxylation is 1. The maximum absolute atomic E-state index is 6.17. The number of hydrogen-bond donors (Lipinski definition) is 0. The molecule has 0 unspecified atom stereocenters. The van der Waals surface area contributed by atoms with Gasteiger partial charge in [0.15, 0.2) is 10.8 Å². The molecule has 2 aromatic heterocycles. The summed E-state index contributed by atoms with van der Waals surface area (Å²) in [5.41, 5.74) is 1.95. The SMILES string of the molecule is Cc1nc(-c2nccs2)nc(Cl)c1C(C)C. The number of hydrogen-bond acceptors (Lipinski definition) is 4. The van der Waals surface area contributed by atoms with E-state index in [4.69, 9.17) is 11.6 Å². The van der Waals surface area contributed by atoms with Crippen LogP contribution < -0.4 is 0 Å². The molecule has 0 atom stereocenters. The van der Waals surface area contributed by atoms with Gasteiger partial charge in [-0.3, -0.25) is 0 Å². The van der Waals surface area contributed by atoms with Gasteiger partial charge < -0.3 is 0 Å². The fourth-order valence-corrected chi connectivity index (χ4v) is 2.64. The summed E-state index contributed by atoms with van der Waals surface area (Å²) in [6.07, 6.45) is 1.74. The van der Waals surface area contributed by atoms with Crippen molar-refractivity contribution in [3.63, 3.8) is 0 Å². The molecule has 3 nitrogen and oxygen atoms in total. The van der Waals surface area contributed by atoms with Crippen molar-refractivity contribution in [2.75, 3.05) is 0 Å². The van der Waals surface area contributed by atoms with E-state index in [1.807, 2.05) is 12.3 Å². The van der Waals surface area contributed by atoms with Gasteiger partial charge in [-0.1, -0.05) is 25.4 Å². The highest BCUT2D eigenvalue weighted by Gasteiger charge is 2.14. The molecule has 84 valence electrons. The molecule has 2 aromatic rings. The first-order valence-electron chi connectivity index (χ1n) is 5.03. The van der Waals surface area contributed by atoms with Gasteiger partial charge in [-0.05, 0) is 12.8 Å². The van der Waals surface area contributed by atoms with Crippen molar-refractivity contribution >= 4 is 22.9 Å². The van der Waals surface area contributed by atoms with Crippen LogP contribution in [0, 0.1) is 6.92 Å². The second-order valence-electron chi connectivity index (χ2n) is 3.83. The number of nitrogens with zero attached hydrogens (tertiary/aromatic N) is 3. The number of thiazole rings is 1. The largest absolute Gasteiger partial charge is 0.241 e. The molecule has 0 fully saturated rings. The van der Waals surface area contributed by atoms with Crippen molar-refractivity contribution in [2.24, 2.45) is 0 Å². The van der Waals surface area contributed by atoms with E-state index in [-0.39, 0.29) is 0 Å². The molecule has 0 aromatic carbocycles. The van der Waals surface area contributed by atoms with Crippen molar-refractivity contribution in [3.8, 4) is 10.8 Å². The molecule has 0 saturated heterocycles. The van der Waals surface area contributed by atoms with Crippen LogP contribution in [0.2, 0.25) is 5.15 Å². The van der Waals surface area contributed by atoms with E-state index in [1.54, 1.807) is 6.20 Å². The standard InChI is InChI=1S/C11H12ClN3S/c1-6(2)8-7(3)14-10(15-9(8)12)11-13-4-5-16-11/h4-6H,1-3H3. The summed E-state index contributed by atoms with van der Waals surface area (Å²) in [4.78, 5) is 12.9. The van der Waals surface area contributed by atoms with Crippen LogP contribution in [0.5, 0.6) is 0 Å².